The molecule has 0 aromatic heterocycles. The summed E-state index contributed by atoms with van der Waals surface area (Å²) in [6.45, 7) is 0. The van der Waals surface area contributed by atoms with E-state index in [-0.39, 0.29) is 21.4 Å². The number of hydrogen-bond donors (Lipinski definition) is 0. The van der Waals surface area contributed by atoms with Gasteiger partial charge in [0.1, 0.15) is 11.8 Å². The van der Waals surface area contributed by atoms with Gasteiger partial charge >= 0.3 is 0 Å². The maximum Gasteiger partial charge on any atom is 0.272 e. The Labute approximate surface area is 92.1 Å². The van der Waals surface area contributed by atoms with E-state index in [0.717, 1.165) is 12.1 Å². The van der Waals surface area contributed by atoms with Gasteiger partial charge < -0.3 is 0 Å². The second-order valence-electron chi connectivity index (χ2n) is 2.40. The molecule has 1 aromatic carbocycles. The zero-order chi connectivity index (χ0) is 11.4. The maximum absolute atomic E-state index is 10.5. The number of nitro benzene ring substituents is 1. The number of hydrogen-bond acceptors (Lipinski definition) is 5. The molecule has 0 fully saturated rings. The van der Waals surface area contributed by atoms with Crippen molar-refractivity contribution in [3.63, 3.8) is 0 Å². The van der Waals surface area contributed by atoms with Crippen LogP contribution in [0.4, 0.5) is 11.4 Å². The Balaban J connectivity index is 3.52. The summed E-state index contributed by atoms with van der Waals surface area (Å²) in [5.74, 6) is 0. The molecule has 74 valence electrons. The van der Waals surface area contributed by atoms with Crippen LogP contribution in [0.2, 0.25) is 0 Å². The fourth-order valence-corrected chi connectivity index (χ4v) is 1.47. The zero-order valence-corrected chi connectivity index (χ0v) is 8.69. The fourth-order valence-electron chi connectivity index (χ4n) is 0.935. The molecule has 0 heterocycles. The summed E-state index contributed by atoms with van der Waals surface area (Å²) in [6.07, 6.45) is 1.27. The minimum Gasteiger partial charge on any atom is -0.258 e. The van der Waals surface area contributed by atoms with Crippen molar-refractivity contribution < 1.29 is 9.72 Å². The highest BCUT2D eigenvalue weighted by atomic mass is 79.9. The molecule has 0 bridgehead atoms. The highest BCUT2D eigenvalue weighted by Gasteiger charge is 2.14. The fraction of sp³-hybridized carbons (Fsp3) is 0. The van der Waals surface area contributed by atoms with E-state index in [9.17, 15) is 14.9 Å². The van der Waals surface area contributed by atoms with Crippen LogP contribution in [0.15, 0.2) is 21.6 Å². The molecule has 0 amide bonds. The molecule has 0 unspecified atom stereocenters. The molecule has 0 saturated carbocycles. The van der Waals surface area contributed by atoms with Crippen molar-refractivity contribution in [1.29, 1.82) is 5.26 Å². The molecule has 0 aliphatic heterocycles. The quantitative estimate of drug-likeness (QED) is 0.355. The third kappa shape index (κ3) is 2.26. The molecule has 0 saturated heterocycles. The van der Waals surface area contributed by atoms with Crippen LogP contribution in [0.5, 0.6) is 0 Å². The molecule has 0 aliphatic rings. The van der Waals surface area contributed by atoms with Crippen LogP contribution in [0, 0.1) is 21.4 Å². The molecule has 0 spiro atoms. The van der Waals surface area contributed by atoms with Gasteiger partial charge in [-0.05, 0) is 15.9 Å². The molecule has 15 heavy (non-hydrogen) atoms. The third-order valence-corrected chi connectivity index (χ3v) is 2.14. The summed E-state index contributed by atoms with van der Waals surface area (Å²) < 4.78 is 0.205. The first-order valence-corrected chi connectivity index (χ1v) is 4.35. The van der Waals surface area contributed by atoms with Crippen molar-refractivity contribution in [2.24, 2.45) is 4.99 Å². The number of nitrogens with zero attached hydrogens (tertiary/aromatic N) is 3. The summed E-state index contributed by atoms with van der Waals surface area (Å²) in [6, 6.07) is 3.92. The van der Waals surface area contributed by atoms with Crippen LogP contribution >= 0.6 is 15.9 Å². The Morgan fingerprint density at radius 3 is 2.67 bits per heavy atom. The lowest BCUT2D eigenvalue weighted by Crippen LogP contribution is -1.89. The van der Waals surface area contributed by atoms with E-state index in [1.807, 2.05) is 0 Å². The normalized spacial score (nSPS) is 8.80. The van der Waals surface area contributed by atoms with Crippen LogP contribution in [0.25, 0.3) is 0 Å². The molecule has 1 aromatic rings. The van der Waals surface area contributed by atoms with E-state index in [1.165, 1.54) is 6.08 Å². The SMILES string of the molecule is N#Cc1cc([N+](=O)[O-])cc(Br)c1N=C=O. The maximum atomic E-state index is 10.5. The molecule has 7 heteroatoms. The molecule has 0 aliphatic carbocycles. The van der Waals surface area contributed by atoms with E-state index in [4.69, 9.17) is 5.26 Å². The highest BCUT2D eigenvalue weighted by Crippen LogP contribution is 2.32. The first-order valence-electron chi connectivity index (χ1n) is 3.56. The second-order valence-corrected chi connectivity index (χ2v) is 3.25. The van der Waals surface area contributed by atoms with Gasteiger partial charge in [-0.25, -0.2) is 4.79 Å². The molecule has 0 N–H and O–H groups in total. The van der Waals surface area contributed by atoms with E-state index >= 15 is 0 Å². The summed E-state index contributed by atoms with van der Waals surface area (Å²) in [7, 11) is 0. The summed E-state index contributed by atoms with van der Waals surface area (Å²) in [5, 5.41) is 19.2. The van der Waals surface area contributed by atoms with Gasteiger partial charge in [0, 0.05) is 12.1 Å². The largest absolute Gasteiger partial charge is 0.272 e. The van der Waals surface area contributed by atoms with E-state index in [1.54, 1.807) is 6.07 Å². The second kappa shape index (κ2) is 4.46. The highest BCUT2D eigenvalue weighted by molar-refractivity contribution is 9.10. The predicted octanol–water partition coefficient (Wildman–Crippen LogP) is 2.20. The molecule has 6 nitrogen and oxygen atoms in total. The van der Waals surface area contributed by atoms with Gasteiger partial charge in [-0.1, -0.05) is 0 Å². The minimum absolute atomic E-state index is 0.0399. The van der Waals surface area contributed by atoms with Gasteiger partial charge in [-0.15, -0.1) is 0 Å². The average Bonchev–Trinajstić information content (AvgIpc) is 2.20. The summed E-state index contributed by atoms with van der Waals surface area (Å²) >= 11 is 2.98. The monoisotopic (exact) mass is 267 g/mol. The van der Waals surface area contributed by atoms with Gasteiger partial charge in [0.25, 0.3) is 5.69 Å². The van der Waals surface area contributed by atoms with Crippen LogP contribution < -0.4 is 0 Å². The Kier molecular flexibility index (Phi) is 3.29. The van der Waals surface area contributed by atoms with E-state index in [0.29, 0.717) is 0 Å². The molecular formula is C8H2BrN3O3. The van der Waals surface area contributed by atoms with E-state index < -0.39 is 4.92 Å². The lowest BCUT2D eigenvalue weighted by molar-refractivity contribution is -0.384. The first kappa shape index (κ1) is 11.0. The molecule has 0 radical (unpaired) electrons. The number of isocyanates is 1. The predicted molar refractivity (Wildman–Crippen MR) is 53.3 cm³/mol. The smallest absolute Gasteiger partial charge is 0.258 e. The van der Waals surface area contributed by atoms with Crippen molar-refractivity contribution in [2.75, 3.05) is 0 Å². The van der Waals surface area contributed by atoms with Crippen molar-refractivity contribution in [2.45, 2.75) is 0 Å². The third-order valence-electron chi connectivity index (χ3n) is 1.54. The van der Waals surface area contributed by atoms with Gasteiger partial charge in [0.15, 0.2) is 0 Å². The standard InChI is InChI=1S/C8H2BrN3O3/c9-7-2-6(12(14)15)1-5(3-10)8(7)11-4-13/h1-2H. The lowest BCUT2D eigenvalue weighted by Gasteiger charge is -1.99. The average molecular weight is 268 g/mol. The Bertz CT molecular complexity index is 515. The van der Waals surface area contributed by atoms with Crippen molar-refractivity contribution in [3.8, 4) is 6.07 Å². The van der Waals surface area contributed by atoms with Crippen molar-refractivity contribution >= 4 is 33.4 Å². The van der Waals surface area contributed by atoms with Crippen molar-refractivity contribution in [3.05, 3.63) is 32.3 Å². The first-order chi connectivity index (χ1) is 7.10. The summed E-state index contributed by atoms with van der Waals surface area (Å²) in [4.78, 5) is 23.2. The number of rotatable bonds is 2. The molecular weight excluding hydrogens is 266 g/mol. The Hall–Kier alpha value is -2.03. The molecule has 1 rings (SSSR count). The van der Waals surface area contributed by atoms with Gasteiger partial charge in [-0.2, -0.15) is 10.3 Å². The van der Waals surface area contributed by atoms with Crippen LogP contribution in [0.3, 0.4) is 0 Å². The number of halogens is 1. The number of aliphatic imine (C=N–C) groups is 1. The van der Waals surface area contributed by atoms with Crippen LogP contribution in [-0.4, -0.2) is 11.0 Å². The minimum atomic E-state index is -0.639. The summed E-state index contributed by atoms with van der Waals surface area (Å²) in [5.41, 5.74) is -0.263. The number of nitriles is 1. The number of carbonyl (C=O) groups excluding carboxylic acids is 1. The van der Waals surface area contributed by atoms with Crippen LogP contribution in [-0.2, 0) is 4.79 Å². The number of nitro groups is 1. The Morgan fingerprint density at radius 2 is 2.20 bits per heavy atom. The lowest BCUT2D eigenvalue weighted by atomic mass is 10.2. The van der Waals surface area contributed by atoms with Gasteiger partial charge in [0.05, 0.1) is 15.0 Å². The Morgan fingerprint density at radius 1 is 1.53 bits per heavy atom. The van der Waals surface area contributed by atoms with Gasteiger partial charge in [-0.3, -0.25) is 10.1 Å². The molecule has 0 atom stereocenters. The number of non-ortho nitro benzene ring substituents is 1. The topological polar surface area (TPSA) is 96.4 Å². The number of benzene rings is 1. The van der Waals surface area contributed by atoms with E-state index in [2.05, 4.69) is 20.9 Å². The van der Waals surface area contributed by atoms with Crippen molar-refractivity contribution in [1.82, 2.24) is 0 Å². The van der Waals surface area contributed by atoms with Gasteiger partial charge in [0.2, 0.25) is 6.08 Å². The zero-order valence-electron chi connectivity index (χ0n) is 7.10. The van der Waals surface area contributed by atoms with Crippen LogP contribution in [0.1, 0.15) is 5.56 Å².